The monoisotopic (exact) mass is 334 g/mol. The Balaban J connectivity index is 2.19. The van der Waals surface area contributed by atoms with Crippen molar-refractivity contribution in [2.45, 2.75) is 51.6 Å². The second-order valence-corrected chi connectivity index (χ2v) is 6.81. The van der Waals surface area contributed by atoms with Crippen molar-refractivity contribution >= 4 is 12.1 Å². The van der Waals surface area contributed by atoms with Crippen molar-refractivity contribution in [3.8, 4) is 0 Å². The standard InChI is InChI=1S/C19H26O5/c1-14(2)13-23-18(21)24-17(20)19(22,15-9-5-3-6-10-15)16-11-7-4-8-12-16/h3,5-6,9-10,14,16,22H,4,7-8,11-13H2,1-2H3/t19-/m1/s1. The normalized spacial score (nSPS) is 18.0. The van der Waals surface area contributed by atoms with Gasteiger partial charge in [-0.15, -0.1) is 0 Å². The number of carbonyl (C=O) groups excluding carboxylic acids is 2. The van der Waals surface area contributed by atoms with E-state index in [2.05, 4.69) is 0 Å². The Morgan fingerprint density at radius 3 is 2.38 bits per heavy atom. The predicted octanol–water partition coefficient (Wildman–Crippen LogP) is 3.79. The number of carbonyl (C=O) groups is 2. The Morgan fingerprint density at radius 2 is 1.79 bits per heavy atom. The number of benzene rings is 1. The van der Waals surface area contributed by atoms with E-state index < -0.39 is 17.7 Å². The number of esters is 1. The summed E-state index contributed by atoms with van der Waals surface area (Å²) >= 11 is 0. The van der Waals surface area contributed by atoms with Crippen molar-refractivity contribution in [1.82, 2.24) is 0 Å². The van der Waals surface area contributed by atoms with Crippen LogP contribution in [0.1, 0.15) is 51.5 Å². The van der Waals surface area contributed by atoms with Crippen LogP contribution in [-0.4, -0.2) is 23.8 Å². The maximum atomic E-state index is 12.6. The highest BCUT2D eigenvalue weighted by Gasteiger charge is 2.48. The molecule has 1 aromatic rings. The van der Waals surface area contributed by atoms with Gasteiger partial charge in [-0.1, -0.05) is 63.4 Å². The van der Waals surface area contributed by atoms with Gasteiger partial charge in [0.1, 0.15) is 0 Å². The molecule has 24 heavy (non-hydrogen) atoms. The molecule has 2 rings (SSSR count). The molecule has 0 amide bonds. The highest BCUT2D eigenvalue weighted by atomic mass is 16.7. The highest BCUT2D eigenvalue weighted by Crippen LogP contribution is 2.40. The zero-order valence-electron chi connectivity index (χ0n) is 14.4. The minimum Gasteiger partial charge on any atom is -0.434 e. The van der Waals surface area contributed by atoms with E-state index in [-0.39, 0.29) is 18.4 Å². The molecule has 0 radical (unpaired) electrons. The molecule has 5 heteroatoms. The van der Waals surface area contributed by atoms with Gasteiger partial charge in [0, 0.05) is 5.92 Å². The first-order valence-corrected chi connectivity index (χ1v) is 8.61. The Kier molecular flexibility index (Phi) is 6.37. The SMILES string of the molecule is CC(C)COC(=O)OC(=O)[C@@](O)(c1ccccc1)C1CCCCC1. The average Bonchev–Trinajstić information content (AvgIpc) is 2.60. The molecule has 1 aromatic carbocycles. The summed E-state index contributed by atoms with van der Waals surface area (Å²) in [5.74, 6) is -1.08. The summed E-state index contributed by atoms with van der Waals surface area (Å²) in [7, 11) is 0. The van der Waals surface area contributed by atoms with Crippen molar-refractivity contribution in [3.05, 3.63) is 35.9 Å². The Morgan fingerprint density at radius 1 is 1.17 bits per heavy atom. The van der Waals surface area contributed by atoms with E-state index in [0.29, 0.717) is 5.56 Å². The molecule has 1 aliphatic rings. The van der Waals surface area contributed by atoms with Gasteiger partial charge in [0.15, 0.2) is 5.60 Å². The number of ether oxygens (including phenoxy) is 2. The summed E-state index contributed by atoms with van der Waals surface area (Å²) < 4.78 is 9.72. The minimum atomic E-state index is -1.82. The van der Waals surface area contributed by atoms with Crippen LogP contribution in [0.5, 0.6) is 0 Å². The fourth-order valence-corrected chi connectivity index (χ4v) is 3.15. The van der Waals surface area contributed by atoms with E-state index in [4.69, 9.17) is 9.47 Å². The van der Waals surface area contributed by atoms with Crippen LogP contribution in [0.25, 0.3) is 0 Å². The van der Waals surface area contributed by atoms with Crippen LogP contribution < -0.4 is 0 Å². The van der Waals surface area contributed by atoms with Crippen molar-refractivity contribution in [2.75, 3.05) is 6.61 Å². The van der Waals surface area contributed by atoms with E-state index in [0.717, 1.165) is 32.1 Å². The van der Waals surface area contributed by atoms with Gasteiger partial charge in [0.25, 0.3) is 0 Å². The van der Waals surface area contributed by atoms with E-state index in [9.17, 15) is 14.7 Å². The predicted molar refractivity (Wildman–Crippen MR) is 89.2 cm³/mol. The lowest BCUT2D eigenvalue weighted by Crippen LogP contribution is -2.46. The fraction of sp³-hybridized carbons (Fsp3) is 0.579. The minimum absolute atomic E-state index is 0.138. The molecule has 0 bridgehead atoms. The molecule has 0 saturated heterocycles. The van der Waals surface area contributed by atoms with Gasteiger partial charge in [-0.2, -0.15) is 0 Å². The van der Waals surface area contributed by atoms with Gasteiger partial charge in [-0.3, -0.25) is 0 Å². The van der Waals surface area contributed by atoms with Gasteiger partial charge < -0.3 is 14.6 Å². The fourth-order valence-electron chi connectivity index (χ4n) is 3.15. The summed E-state index contributed by atoms with van der Waals surface area (Å²) in [6, 6.07) is 8.71. The van der Waals surface area contributed by atoms with Crippen molar-refractivity contribution in [3.63, 3.8) is 0 Å². The number of aliphatic hydroxyl groups is 1. The molecule has 0 aromatic heterocycles. The van der Waals surface area contributed by atoms with Crippen LogP contribution >= 0.6 is 0 Å². The molecular weight excluding hydrogens is 308 g/mol. The van der Waals surface area contributed by atoms with Crippen LogP contribution in [0.3, 0.4) is 0 Å². The zero-order chi connectivity index (χ0) is 17.6. The van der Waals surface area contributed by atoms with Gasteiger partial charge >= 0.3 is 12.1 Å². The Hall–Kier alpha value is -1.88. The van der Waals surface area contributed by atoms with Gasteiger partial charge in [-0.25, -0.2) is 9.59 Å². The smallest absolute Gasteiger partial charge is 0.434 e. The van der Waals surface area contributed by atoms with Crippen molar-refractivity contribution in [2.24, 2.45) is 11.8 Å². The molecule has 1 fully saturated rings. The summed E-state index contributed by atoms with van der Waals surface area (Å²) in [6.07, 6.45) is 3.38. The summed E-state index contributed by atoms with van der Waals surface area (Å²) in [6.45, 7) is 3.94. The lowest BCUT2D eigenvalue weighted by molar-refractivity contribution is -0.171. The molecule has 0 spiro atoms. The Labute approximate surface area is 143 Å². The van der Waals surface area contributed by atoms with Crippen LogP contribution in [0.4, 0.5) is 4.79 Å². The maximum absolute atomic E-state index is 12.6. The molecule has 0 heterocycles. The third-order valence-corrected chi connectivity index (χ3v) is 4.43. The first kappa shape index (κ1) is 18.5. The van der Waals surface area contributed by atoms with E-state index >= 15 is 0 Å². The van der Waals surface area contributed by atoms with Crippen LogP contribution in [0.2, 0.25) is 0 Å². The molecule has 1 atom stereocenters. The number of rotatable bonds is 5. The second-order valence-electron chi connectivity index (χ2n) is 6.81. The van der Waals surface area contributed by atoms with Gasteiger partial charge in [0.2, 0.25) is 0 Å². The summed E-state index contributed by atoms with van der Waals surface area (Å²) in [5.41, 5.74) is -1.36. The number of hydrogen-bond donors (Lipinski definition) is 1. The largest absolute Gasteiger partial charge is 0.516 e. The van der Waals surface area contributed by atoms with Gasteiger partial charge in [-0.05, 0) is 24.3 Å². The first-order valence-electron chi connectivity index (χ1n) is 8.61. The van der Waals surface area contributed by atoms with Crippen molar-refractivity contribution < 1.29 is 24.2 Å². The summed E-state index contributed by atoms with van der Waals surface area (Å²) in [5, 5.41) is 11.2. The zero-order valence-corrected chi connectivity index (χ0v) is 14.4. The molecule has 132 valence electrons. The van der Waals surface area contributed by atoms with Crippen LogP contribution in [0, 0.1) is 11.8 Å². The molecular formula is C19H26O5. The quantitative estimate of drug-likeness (QED) is 0.655. The van der Waals surface area contributed by atoms with E-state index in [1.54, 1.807) is 24.3 Å². The third kappa shape index (κ3) is 4.35. The van der Waals surface area contributed by atoms with Gasteiger partial charge in [0.05, 0.1) is 6.61 Å². The number of hydrogen-bond acceptors (Lipinski definition) is 5. The topological polar surface area (TPSA) is 72.8 Å². The first-order chi connectivity index (χ1) is 11.4. The lowest BCUT2D eigenvalue weighted by Gasteiger charge is -2.36. The maximum Gasteiger partial charge on any atom is 0.516 e. The van der Waals surface area contributed by atoms with Crippen LogP contribution in [-0.2, 0) is 19.9 Å². The molecule has 1 N–H and O–H groups in total. The lowest BCUT2D eigenvalue weighted by atomic mass is 9.73. The molecule has 0 aliphatic heterocycles. The van der Waals surface area contributed by atoms with Crippen LogP contribution in [0.15, 0.2) is 30.3 Å². The van der Waals surface area contributed by atoms with E-state index in [1.807, 2.05) is 19.9 Å². The molecule has 1 saturated carbocycles. The highest BCUT2D eigenvalue weighted by molar-refractivity contribution is 5.89. The average molecular weight is 334 g/mol. The third-order valence-electron chi connectivity index (χ3n) is 4.43. The molecule has 0 unspecified atom stereocenters. The summed E-state index contributed by atoms with van der Waals surface area (Å²) in [4.78, 5) is 24.4. The molecule has 1 aliphatic carbocycles. The van der Waals surface area contributed by atoms with Crippen molar-refractivity contribution in [1.29, 1.82) is 0 Å². The Bertz CT molecular complexity index is 548. The van der Waals surface area contributed by atoms with E-state index in [1.165, 1.54) is 0 Å². The second kappa shape index (κ2) is 8.29. The molecule has 5 nitrogen and oxygen atoms in total.